The van der Waals surface area contributed by atoms with Gasteiger partial charge in [-0.3, -0.25) is 0 Å². The molecule has 6 nitrogen and oxygen atoms in total. The van der Waals surface area contributed by atoms with Gasteiger partial charge < -0.3 is 19.4 Å². The number of carbonyl (C=O) groups is 1. The lowest BCUT2D eigenvalue weighted by atomic mass is 9.89. The van der Waals surface area contributed by atoms with Gasteiger partial charge in [-0.05, 0) is 25.4 Å². The molecule has 128 valence electrons. The summed E-state index contributed by atoms with van der Waals surface area (Å²) in [5.41, 5.74) is 0.956. The highest BCUT2D eigenvalue weighted by molar-refractivity contribution is 5.99. The highest BCUT2D eigenvalue weighted by Crippen LogP contribution is 2.35. The van der Waals surface area contributed by atoms with E-state index in [9.17, 15) is 9.90 Å². The van der Waals surface area contributed by atoms with Crippen molar-refractivity contribution in [1.29, 1.82) is 0 Å². The van der Waals surface area contributed by atoms with E-state index in [0.29, 0.717) is 17.1 Å². The molecule has 0 aliphatic carbocycles. The predicted octanol–water partition coefficient (Wildman–Crippen LogP) is 2.82. The molecular weight excluding hydrogens is 306 g/mol. The number of carboxylic acids is 1. The zero-order valence-corrected chi connectivity index (χ0v) is 14.3. The average Bonchev–Trinajstić information content (AvgIpc) is 3.12. The standard InChI is InChI=1S/C18H23N3O3/c1-18(9-10-20(2)11-18)12-21(3)16-14(17(22)23)15(24-19-16)13-7-5-4-6-8-13/h4-8H,9-12H2,1-3H3,(H,22,23). The number of aromatic carboxylic acids is 1. The summed E-state index contributed by atoms with van der Waals surface area (Å²) in [6.07, 6.45) is 1.08. The fraction of sp³-hybridized carbons (Fsp3) is 0.444. The van der Waals surface area contributed by atoms with Gasteiger partial charge in [-0.1, -0.05) is 42.4 Å². The van der Waals surface area contributed by atoms with Crippen molar-refractivity contribution in [3.8, 4) is 11.3 Å². The minimum atomic E-state index is -1.02. The summed E-state index contributed by atoms with van der Waals surface area (Å²) < 4.78 is 5.40. The van der Waals surface area contributed by atoms with Crippen LogP contribution in [0.4, 0.5) is 5.82 Å². The van der Waals surface area contributed by atoms with Crippen LogP contribution < -0.4 is 4.90 Å². The Labute approximate surface area is 141 Å². The molecule has 1 aromatic carbocycles. The van der Waals surface area contributed by atoms with E-state index in [2.05, 4.69) is 24.0 Å². The number of anilines is 1. The molecule has 1 unspecified atom stereocenters. The number of carboxylic acid groups (broad SMARTS) is 1. The summed E-state index contributed by atoms with van der Waals surface area (Å²) in [5, 5.41) is 13.7. The van der Waals surface area contributed by atoms with E-state index in [4.69, 9.17) is 4.52 Å². The SMILES string of the molecule is CN1CCC(C)(CN(C)c2noc(-c3ccccc3)c2C(=O)O)C1. The Balaban J connectivity index is 1.91. The van der Waals surface area contributed by atoms with E-state index < -0.39 is 5.97 Å². The van der Waals surface area contributed by atoms with Gasteiger partial charge in [0, 0.05) is 25.7 Å². The molecule has 0 saturated carbocycles. The van der Waals surface area contributed by atoms with Crippen molar-refractivity contribution in [2.45, 2.75) is 13.3 Å². The summed E-state index contributed by atoms with van der Waals surface area (Å²) >= 11 is 0. The van der Waals surface area contributed by atoms with Gasteiger partial charge in [-0.15, -0.1) is 0 Å². The van der Waals surface area contributed by atoms with E-state index in [1.807, 2.05) is 42.3 Å². The van der Waals surface area contributed by atoms with Crippen molar-refractivity contribution < 1.29 is 14.4 Å². The number of hydrogen-bond donors (Lipinski definition) is 1. The van der Waals surface area contributed by atoms with Crippen LogP contribution in [0.25, 0.3) is 11.3 Å². The third kappa shape index (κ3) is 3.14. The molecule has 0 radical (unpaired) electrons. The molecular formula is C18H23N3O3. The molecule has 1 saturated heterocycles. The van der Waals surface area contributed by atoms with Gasteiger partial charge in [-0.25, -0.2) is 4.79 Å². The second-order valence-electron chi connectivity index (χ2n) is 7.04. The van der Waals surface area contributed by atoms with E-state index in [-0.39, 0.29) is 11.0 Å². The maximum Gasteiger partial charge on any atom is 0.343 e. The first-order valence-corrected chi connectivity index (χ1v) is 8.08. The van der Waals surface area contributed by atoms with Crippen LogP contribution in [0.1, 0.15) is 23.7 Å². The van der Waals surface area contributed by atoms with Gasteiger partial charge in [0.1, 0.15) is 0 Å². The lowest BCUT2D eigenvalue weighted by molar-refractivity contribution is 0.0697. The normalized spacial score (nSPS) is 21.1. The highest BCUT2D eigenvalue weighted by atomic mass is 16.5. The highest BCUT2D eigenvalue weighted by Gasteiger charge is 2.35. The first-order chi connectivity index (χ1) is 11.4. The van der Waals surface area contributed by atoms with Crippen LogP contribution >= 0.6 is 0 Å². The van der Waals surface area contributed by atoms with Crippen molar-refractivity contribution in [3.05, 3.63) is 35.9 Å². The van der Waals surface area contributed by atoms with Gasteiger partial charge in [0.25, 0.3) is 0 Å². The fourth-order valence-corrected chi connectivity index (χ4v) is 3.57. The Bertz CT molecular complexity index is 728. The van der Waals surface area contributed by atoms with Crippen molar-refractivity contribution in [2.24, 2.45) is 5.41 Å². The molecule has 1 aliphatic heterocycles. The molecule has 24 heavy (non-hydrogen) atoms. The van der Waals surface area contributed by atoms with Crippen LogP contribution in [0.15, 0.2) is 34.9 Å². The summed E-state index contributed by atoms with van der Waals surface area (Å²) in [6.45, 7) is 5.01. The maximum absolute atomic E-state index is 11.8. The Morgan fingerprint density at radius 1 is 1.42 bits per heavy atom. The van der Waals surface area contributed by atoms with Gasteiger partial charge in [0.05, 0.1) is 0 Å². The summed E-state index contributed by atoms with van der Waals surface area (Å²) in [6, 6.07) is 9.23. The van der Waals surface area contributed by atoms with Gasteiger partial charge >= 0.3 is 5.97 Å². The average molecular weight is 329 g/mol. The van der Waals surface area contributed by atoms with Crippen molar-refractivity contribution >= 4 is 11.8 Å². The van der Waals surface area contributed by atoms with Crippen LogP contribution in [-0.4, -0.2) is 54.9 Å². The molecule has 0 spiro atoms. The van der Waals surface area contributed by atoms with Crippen molar-refractivity contribution in [1.82, 2.24) is 10.1 Å². The molecule has 1 atom stereocenters. The Kier molecular flexibility index (Phi) is 4.32. The summed E-state index contributed by atoms with van der Waals surface area (Å²) in [4.78, 5) is 16.0. The molecule has 3 rings (SSSR count). The number of rotatable bonds is 5. The minimum absolute atomic E-state index is 0.116. The minimum Gasteiger partial charge on any atom is -0.477 e. The molecule has 1 aromatic heterocycles. The number of hydrogen-bond acceptors (Lipinski definition) is 5. The molecule has 2 heterocycles. The molecule has 1 N–H and O–H groups in total. The molecule has 1 fully saturated rings. The Morgan fingerprint density at radius 2 is 2.12 bits per heavy atom. The third-order valence-electron chi connectivity index (χ3n) is 4.65. The first kappa shape index (κ1) is 16.5. The van der Waals surface area contributed by atoms with E-state index in [1.165, 1.54) is 0 Å². The van der Waals surface area contributed by atoms with Crippen molar-refractivity contribution in [2.75, 3.05) is 38.6 Å². The molecule has 1 aliphatic rings. The molecule has 0 amide bonds. The third-order valence-corrected chi connectivity index (χ3v) is 4.65. The second kappa shape index (κ2) is 6.28. The van der Waals surface area contributed by atoms with Crippen LogP contribution in [0.5, 0.6) is 0 Å². The van der Waals surface area contributed by atoms with Crippen LogP contribution in [0, 0.1) is 5.41 Å². The zero-order valence-electron chi connectivity index (χ0n) is 14.3. The van der Waals surface area contributed by atoms with Crippen LogP contribution in [0.3, 0.4) is 0 Å². The number of likely N-dealkylation sites (tertiary alicyclic amines) is 1. The largest absolute Gasteiger partial charge is 0.477 e. The summed E-state index contributed by atoms with van der Waals surface area (Å²) in [7, 11) is 3.99. The zero-order chi connectivity index (χ0) is 17.3. The Hall–Kier alpha value is -2.34. The van der Waals surface area contributed by atoms with E-state index >= 15 is 0 Å². The number of benzene rings is 1. The number of nitrogens with zero attached hydrogens (tertiary/aromatic N) is 3. The predicted molar refractivity (Wildman–Crippen MR) is 92.4 cm³/mol. The quantitative estimate of drug-likeness (QED) is 0.909. The molecule has 0 bridgehead atoms. The smallest absolute Gasteiger partial charge is 0.343 e. The lowest BCUT2D eigenvalue weighted by Gasteiger charge is -2.29. The number of aromatic nitrogens is 1. The van der Waals surface area contributed by atoms with Gasteiger partial charge in [-0.2, -0.15) is 0 Å². The maximum atomic E-state index is 11.8. The van der Waals surface area contributed by atoms with Gasteiger partial charge in [0.2, 0.25) is 0 Å². The first-order valence-electron chi connectivity index (χ1n) is 8.08. The van der Waals surface area contributed by atoms with E-state index in [0.717, 1.165) is 26.1 Å². The molecule has 6 heteroatoms. The van der Waals surface area contributed by atoms with Crippen LogP contribution in [-0.2, 0) is 0 Å². The molecule has 2 aromatic rings. The van der Waals surface area contributed by atoms with Gasteiger partial charge in [0.15, 0.2) is 17.1 Å². The monoisotopic (exact) mass is 329 g/mol. The second-order valence-corrected chi connectivity index (χ2v) is 7.04. The van der Waals surface area contributed by atoms with Crippen molar-refractivity contribution in [3.63, 3.8) is 0 Å². The fourth-order valence-electron chi connectivity index (χ4n) is 3.57. The van der Waals surface area contributed by atoms with Crippen LogP contribution in [0.2, 0.25) is 0 Å². The topological polar surface area (TPSA) is 69.8 Å². The van der Waals surface area contributed by atoms with E-state index in [1.54, 1.807) is 0 Å². The summed E-state index contributed by atoms with van der Waals surface area (Å²) in [5.74, 6) is -0.332. The Morgan fingerprint density at radius 3 is 2.71 bits per heavy atom. The lowest BCUT2D eigenvalue weighted by Crippen LogP contribution is -2.36.